The van der Waals surface area contributed by atoms with Crippen molar-refractivity contribution in [3.8, 4) is 0 Å². The molecule has 7 nitrogen and oxygen atoms in total. The van der Waals surface area contributed by atoms with Gasteiger partial charge >= 0.3 is 11.9 Å². The number of Topliss-reactive ketones (excluding diaryl/α,β-unsaturated/α-hetero) is 2. The molecule has 0 heterocycles. The van der Waals surface area contributed by atoms with Crippen LogP contribution in [0.2, 0.25) is 0 Å². The van der Waals surface area contributed by atoms with E-state index in [9.17, 15) is 19.2 Å². The van der Waals surface area contributed by atoms with Gasteiger partial charge in [-0.2, -0.15) is 0 Å². The summed E-state index contributed by atoms with van der Waals surface area (Å²) in [5.41, 5.74) is 0.731. The second-order valence-corrected chi connectivity index (χ2v) is 7.20. The number of esters is 2. The number of carbonyl (C=O) groups excluding carboxylic acids is 4. The molecule has 0 N–H and O–H groups in total. The van der Waals surface area contributed by atoms with Crippen molar-refractivity contribution in [2.45, 2.75) is 58.8 Å². The second kappa shape index (κ2) is 12.3. The number of hydrogen-bond acceptors (Lipinski definition) is 7. The predicted molar refractivity (Wildman–Crippen MR) is 104 cm³/mol. The molecule has 0 saturated heterocycles. The van der Waals surface area contributed by atoms with Gasteiger partial charge in [-0.15, -0.1) is 0 Å². The van der Waals surface area contributed by atoms with Gasteiger partial charge in [-0.05, 0) is 46.0 Å². The lowest BCUT2D eigenvalue weighted by Gasteiger charge is -2.22. The molecule has 0 aromatic carbocycles. The summed E-state index contributed by atoms with van der Waals surface area (Å²) in [6.07, 6.45) is 7.16. The quantitative estimate of drug-likeness (QED) is 0.401. The Morgan fingerprint density at radius 3 is 2.04 bits per heavy atom. The first-order valence-electron chi connectivity index (χ1n) is 10.1. The normalized spacial score (nSPS) is 23.5. The molecule has 2 fully saturated rings. The van der Waals surface area contributed by atoms with Crippen molar-refractivity contribution in [2.75, 3.05) is 27.3 Å². The molecule has 2 atom stereocenters. The molecule has 0 aromatic rings. The van der Waals surface area contributed by atoms with Crippen molar-refractivity contribution in [1.29, 1.82) is 0 Å². The minimum Gasteiger partial charge on any atom is -0.465 e. The summed E-state index contributed by atoms with van der Waals surface area (Å²) in [4.78, 5) is 47.7. The molecular formula is C21H33NO6. The number of carbonyl (C=O) groups is 4. The SMILES string of the molecule is CCOC(=O)C1CCCC(=CN(C)C)C1=O.CCOC(=O)C1CCCCC1=O. The van der Waals surface area contributed by atoms with Crippen molar-refractivity contribution >= 4 is 23.5 Å². The topological polar surface area (TPSA) is 90.0 Å². The summed E-state index contributed by atoms with van der Waals surface area (Å²) >= 11 is 0. The van der Waals surface area contributed by atoms with E-state index in [1.807, 2.05) is 19.0 Å². The molecule has 2 rings (SSSR count). The highest BCUT2D eigenvalue weighted by Crippen LogP contribution is 2.26. The first kappa shape index (κ1) is 23.9. The second-order valence-electron chi connectivity index (χ2n) is 7.20. The fraction of sp³-hybridized carbons (Fsp3) is 0.714. The van der Waals surface area contributed by atoms with Crippen LogP contribution in [0.25, 0.3) is 0 Å². The summed E-state index contributed by atoms with van der Waals surface area (Å²) in [6.45, 7) is 4.20. The van der Waals surface area contributed by atoms with Gasteiger partial charge in [0.25, 0.3) is 0 Å². The third kappa shape index (κ3) is 7.44. The lowest BCUT2D eigenvalue weighted by atomic mass is 9.84. The van der Waals surface area contributed by atoms with Crippen LogP contribution in [-0.4, -0.2) is 55.7 Å². The van der Waals surface area contributed by atoms with Gasteiger partial charge in [0.05, 0.1) is 13.2 Å². The summed E-state index contributed by atoms with van der Waals surface area (Å²) in [7, 11) is 3.74. The predicted octanol–water partition coefficient (Wildman–Crippen LogP) is 2.67. The Labute approximate surface area is 167 Å². The highest BCUT2D eigenvalue weighted by Gasteiger charge is 2.33. The van der Waals surface area contributed by atoms with Crippen LogP contribution >= 0.6 is 0 Å². The zero-order chi connectivity index (χ0) is 21.1. The molecule has 0 radical (unpaired) electrons. The van der Waals surface area contributed by atoms with E-state index in [0.717, 1.165) is 31.3 Å². The number of hydrogen-bond donors (Lipinski definition) is 0. The van der Waals surface area contributed by atoms with Gasteiger partial charge in [0.15, 0.2) is 5.78 Å². The van der Waals surface area contributed by atoms with Gasteiger partial charge in [0.1, 0.15) is 17.6 Å². The summed E-state index contributed by atoms with van der Waals surface area (Å²) < 4.78 is 9.70. The lowest BCUT2D eigenvalue weighted by Crippen LogP contribution is -2.31. The fourth-order valence-corrected chi connectivity index (χ4v) is 3.36. The summed E-state index contributed by atoms with van der Waals surface area (Å²) in [6, 6.07) is 0. The molecule has 0 bridgehead atoms. The van der Waals surface area contributed by atoms with Crippen molar-refractivity contribution in [2.24, 2.45) is 11.8 Å². The van der Waals surface area contributed by atoms with Crippen molar-refractivity contribution in [3.63, 3.8) is 0 Å². The molecule has 158 valence electrons. The van der Waals surface area contributed by atoms with E-state index in [2.05, 4.69) is 0 Å². The Bertz CT molecular complexity index is 596. The molecule has 2 aliphatic carbocycles. The first-order valence-corrected chi connectivity index (χ1v) is 10.1. The fourth-order valence-electron chi connectivity index (χ4n) is 3.36. The molecule has 0 aliphatic heterocycles. The van der Waals surface area contributed by atoms with Crippen LogP contribution in [0.15, 0.2) is 11.8 Å². The average molecular weight is 395 g/mol. The molecule has 0 spiro atoms. The van der Waals surface area contributed by atoms with Crippen LogP contribution in [0.3, 0.4) is 0 Å². The van der Waals surface area contributed by atoms with Crippen molar-refractivity contribution in [3.05, 3.63) is 11.8 Å². The van der Waals surface area contributed by atoms with Crippen LogP contribution in [0.1, 0.15) is 58.8 Å². The van der Waals surface area contributed by atoms with E-state index in [0.29, 0.717) is 32.5 Å². The molecule has 2 aliphatic rings. The average Bonchev–Trinajstić information content (AvgIpc) is 2.64. The highest BCUT2D eigenvalue weighted by molar-refractivity contribution is 6.08. The first-order chi connectivity index (χ1) is 13.3. The molecule has 2 unspecified atom stereocenters. The molecule has 0 amide bonds. The molecular weight excluding hydrogens is 362 g/mol. The Morgan fingerprint density at radius 2 is 1.50 bits per heavy atom. The Hall–Kier alpha value is -2.18. The van der Waals surface area contributed by atoms with Gasteiger partial charge in [-0.3, -0.25) is 19.2 Å². The third-order valence-corrected chi connectivity index (χ3v) is 4.68. The highest BCUT2D eigenvalue weighted by atomic mass is 16.5. The van der Waals surface area contributed by atoms with Gasteiger partial charge < -0.3 is 14.4 Å². The zero-order valence-electron chi connectivity index (χ0n) is 17.5. The molecule has 2 saturated carbocycles. The van der Waals surface area contributed by atoms with Crippen LogP contribution in [0.5, 0.6) is 0 Å². The van der Waals surface area contributed by atoms with E-state index in [1.54, 1.807) is 20.0 Å². The Balaban J connectivity index is 0.000000292. The molecule has 0 aromatic heterocycles. The van der Waals surface area contributed by atoms with E-state index in [-0.39, 0.29) is 23.5 Å². The minimum absolute atomic E-state index is 0.0553. The third-order valence-electron chi connectivity index (χ3n) is 4.68. The van der Waals surface area contributed by atoms with Gasteiger partial charge in [-0.1, -0.05) is 6.42 Å². The minimum atomic E-state index is -0.583. The van der Waals surface area contributed by atoms with E-state index in [1.165, 1.54) is 0 Å². The summed E-state index contributed by atoms with van der Waals surface area (Å²) in [5, 5.41) is 0. The monoisotopic (exact) mass is 395 g/mol. The molecule has 7 heteroatoms. The largest absolute Gasteiger partial charge is 0.465 e. The van der Waals surface area contributed by atoms with Crippen LogP contribution in [0, 0.1) is 11.8 Å². The Morgan fingerprint density at radius 1 is 0.929 bits per heavy atom. The van der Waals surface area contributed by atoms with E-state index in [4.69, 9.17) is 9.47 Å². The van der Waals surface area contributed by atoms with Crippen molar-refractivity contribution in [1.82, 2.24) is 4.90 Å². The van der Waals surface area contributed by atoms with E-state index >= 15 is 0 Å². The van der Waals surface area contributed by atoms with Gasteiger partial charge in [-0.25, -0.2) is 0 Å². The standard InChI is InChI=1S/C12H19NO3.C9H14O3/c1-4-16-12(15)10-7-5-6-9(11(10)14)8-13(2)3;1-2-12-9(11)7-5-3-4-6-8(7)10/h8,10H,4-7H2,1-3H3;7H,2-6H2,1H3. The van der Waals surface area contributed by atoms with Crippen LogP contribution < -0.4 is 0 Å². The maximum absolute atomic E-state index is 12.0. The zero-order valence-corrected chi connectivity index (χ0v) is 17.5. The smallest absolute Gasteiger partial charge is 0.316 e. The number of ketones is 2. The Kier molecular flexibility index (Phi) is 10.5. The number of nitrogens with zero attached hydrogens (tertiary/aromatic N) is 1. The van der Waals surface area contributed by atoms with Crippen molar-refractivity contribution < 1.29 is 28.7 Å². The maximum Gasteiger partial charge on any atom is 0.316 e. The van der Waals surface area contributed by atoms with Gasteiger partial charge in [0, 0.05) is 32.3 Å². The van der Waals surface area contributed by atoms with Gasteiger partial charge in [0.2, 0.25) is 0 Å². The number of rotatable bonds is 5. The van der Waals surface area contributed by atoms with E-state index < -0.39 is 11.8 Å². The lowest BCUT2D eigenvalue weighted by molar-refractivity contribution is -0.153. The molecule has 28 heavy (non-hydrogen) atoms. The van der Waals surface area contributed by atoms with Crippen LogP contribution in [-0.2, 0) is 28.7 Å². The maximum atomic E-state index is 12.0. The number of ether oxygens (including phenoxy) is 2. The summed E-state index contributed by atoms with van der Waals surface area (Å²) in [5.74, 6) is -1.77. The van der Waals surface area contributed by atoms with Crippen LogP contribution in [0.4, 0.5) is 0 Å². The number of allylic oxidation sites excluding steroid dienone is 1.